The molecular formula is C21H25N4O2+. The second-order valence-corrected chi connectivity index (χ2v) is 6.72. The Morgan fingerprint density at radius 3 is 2.41 bits per heavy atom. The molecule has 0 aliphatic rings. The molecule has 0 aliphatic carbocycles. The predicted molar refractivity (Wildman–Crippen MR) is 106 cm³/mol. The number of anilines is 2. The molecule has 0 fully saturated rings. The number of aryl methyl sites for hydroxylation is 1. The molecule has 140 valence electrons. The highest BCUT2D eigenvalue weighted by atomic mass is 16.2. The molecular weight excluding hydrogens is 340 g/mol. The lowest BCUT2D eigenvalue weighted by Gasteiger charge is -2.21. The number of likely N-dealkylation sites (N-methyl/N-ethyl adjacent to an activating group) is 1. The third-order valence-electron chi connectivity index (χ3n) is 4.73. The van der Waals surface area contributed by atoms with Crippen molar-refractivity contribution in [2.75, 3.05) is 24.2 Å². The Balaban J connectivity index is 1.92. The van der Waals surface area contributed by atoms with Crippen molar-refractivity contribution in [2.24, 2.45) is 0 Å². The number of hydrogen-bond donors (Lipinski definition) is 3. The highest BCUT2D eigenvalue weighted by Gasteiger charge is 2.24. The van der Waals surface area contributed by atoms with Gasteiger partial charge in [0.15, 0.2) is 12.6 Å². The summed E-state index contributed by atoms with van der Waals surface area (Å²) in [7, 11) is 1.81. The van der Waals surface area contributed by atoms with Crippen LogP contribution in [0.1, 0.15) is 23.6 Å². The van der Waals surface area contributed by atoms with Gasteiger partial charge >= 0.3 is 0 Å². The van der Waals surface area contributed by atoms with Crippen LogP contribution in [0.5, 0.6) is 0 Å². The summed E-state index contributed by atoms with van der Waals surface area (Å²) in [6.45, 7) is 5.92. The number of amides is 2. The zero-order valence-corrected chi connectivity index (χ0v) is 16.1. The quantitative estimate of drug-likeness (QED) is 0.728. The lowest BCUT2D eigenvalue weighted by molar-refractivity contribution is -0.885. The van der Waals surface area contributed by atoms with Gasteiger partial charge < -0.3 is 15.5 Å². The molecule has 27 heavy (non-hydrogen) atoms. The van der Waals surface area contributed by atoms with E-state index in [4.69, 9.17) is 5.26 Å². The predicted octanol–water partition coefficient (Wildman–Crippen LogP) is 1.66. The molecule has 2 aromatic carbocycles. The minimum absolute atomic E-state index is 0.140. The van der Waals surface area contributed by atoms with E-state index in [-0.39, 0.29) is 18.4 Å². The second kappa shape index (κ2) is 8.97. The van der Waals surface area contributed by atoms with Gasteiger partial charge in [-0.05, 0) is 62.2 Å². The Bertz CT molecular complexity index is 869. The molecule has 2 amide bonds. The maximum Gasteiger partial charge on any atom is 0.282 e. The fraction of sp³-hybridized carbons (Fsp3) is 0.286. The normalized spacial score (nSPS) is 12.6. The zero-order chi connectivity index (χ0) is 20.0. The van der Waals surface area contributed by atoms with Crippen LogP contribution in [0.3, 0.4) is 0 Å². The molecule has 0 heterocycles. The first-order chi connectivity index (χ1) is 12.8. The summed E-state index contributed by atoms with van der Waals surface area (Å²) in [5, 5.41) is 14.5. The number of benzene rings is 2. The van der Waals surface area contributed by atoms with E-state index in [0.717, 1.165) is 21.7 Å². The number of quaternary nitrogens is 1. The van der Waals surface area contributed by atoms with Crippen molar-refractivity contribution in [3.63, 3.8) is 0 Å². The number of nitriles is 1. The molecule has 2 atom stereocenters. The summed E-state index contributed by atoms with van der Waals surface area (Å²) in [5.41, 5.74) is 4.10. The van der Waals surface area contributed by atoms with Gasteiger partial charge in [0.2, 0.25) is 0 Å². The van der Waals surface area contributed by atoms with Gasteiger partial charge in [0.1, 0.15) is 0 Å². The SMILES string of the molecule is Cc1cccc(NC(=O)C[NH+](C)[C@@H](C)C(=O)Nc2ccc(C#N)cc2)c1C. The van der Waals surface area contributed by atoms with Crippen LogP contribution < -0.4 is 15.5 Å². The lowest BCUT2D eigenvalue weighted by atomic mass is 10.1. The molecule has 0 radical (unpaired) electrons. The van der Waals surface area contributed by atoms with Crippen molar-refractivity contribution >= 4 is 23.2 Å². The molecule has 6 heteroatoms. The van der Waals surface area contributed by atoms with E-state index >= 15 is 0 Å². The number of rotatable bonds is 6. The summed E-state index contributed by atoms with van der Waals surface area (Å²) in [5.74, 6) is -0.323. The molecule has 0 spiro atoms. The highest BCUT2D eigenvalue weighted by molar-refractivity contribution is 5.95. The van der Waals surface area contributed by atoms with E-state index in [1.165, 1.54) is 0 Å². The average molecular weight is 365 g/mol. The van der Waals surface area contributed by atoms with Crippen LogP contribution in [0.4, 0.5) is 11.4 Å². The summed E-state index contributed by atoms with van der Waals surface area (Å²) < 4.78 is 0. The maximum absolute atomic E-state index is 12.4. The summed E-state index contributed by atoms with van der Waals surface area (Å²) >= 11 is 0. The molecule has 1 unspecified atom stereocenters. The van der Waals surface area contributed by atoms with E-state index < -0.39 is 6.04 Å². The van der Waals surface area contributed by atoms with Crippen LogP contribution in [0.15, 0.2) is 42.5 Å². The van der Waals surface area contributed by atoms with Gasteiger partial charge in [-0.2, -0.15) is 5.26 Å². The Labute approximate surface area is 159 Å². The summed E-state index contributed by atoms with van der Waals surface area (Å²) in [6.07, 6.45) is 0. The minimum Gasteiger partial charge on any atom is -0.321 e. The Morgan fingerprint density at radius 1 is 1.11 bits per heavy atom. The Morgan fingerprint density at radius 2 is 1.78 bits per heavy atom. The van der Waals surface area contributed by atoms with Gasteiger partial charge in [0.05, 0.1) is 18.7 Å². The Kier molecular flexibility index (Phi) is 6.69. The smallest absolute Gasteiger partial charge is 0.282 e. The largest absolute Gasteiger partial charge is 0.321 e. The third kappa shape index (κ3) is 5.40. The van der Waals surface area contributed by atoms with E-state index in [1.807, 2.05) is 45.2 Å². The molecule has 0 saturated carbocycles. The van der Waals surface area contributed by atoms with E-state index in [0.29, 0.717) is 11.3 Å². The van der Waals surface area contributed by atoms with Crippen LogP contribution in [0.25, 0.3) is 0 Å². The summed E-state index contributed by atoms with van der Waals surface area (Å²) in [6, 6.07) is 14.1. The first kappa shape index (κ1) is 20.1. The molecule has 0 saturated heterocycles. The second-order valence-electron chi connectivity index (χ2n) is 6.72. The number of nitrogens with zero attached hydrogens (tertiary/aromatic N) is 1. The number of hydrogen-bond acceptors (Lipinski definition) is 3. The standard InChI is InChI=1S/C21H24N4O2/c1-14-6-5-7-19(15(14)2)24-20(26)13-25(4)16(3)21(27)23-18-10-8-17(12-22)9-11-18/h5-11,16H,13H2,1-4H3,(H,23,27)(H,24,26)/p+1/t16-/m0/s1. The number of nitrogens with one attached hydrogen (secondary N) is 3. The van der Waals surface area contributed by atoms with Crippen LogP contribution in [0, 0.1) is 25.2 Å². The third-order valence-corrected chi connectivity index (χ3v) is 4.73. The molecule has 0 bridgehead atoms. The van der Waals surface area contributed by atoms with Crippen molar-refractivity contribution in [1.82, 2.24) is 0 Å². The summed E-state index contributed by atoms with van der Waals surface area (Å²) in [4.78, 5) is 25.5. The van der Waals surface area contributed by atoms with Crippen molar-refractivity contribution < 1.29 is 14.5 Å². The molecule has 2 rings (SSSR count). The van der Waals surface area contributed by atoms with E-state index in [9.17, 15) is 9.59 Å². The van der Waals surface area contributed by atoms with Crippen molar-refractivity contribution in [3.8, 4) is 6.07 Å². The van der Waals surface area contributed by atoms with Crippen molar-refractivity contribution in [2.45, 2.75) is 26.8 Å². The first-order valence-corrected chi connectivity index (χ1v) is 8.81. The van der Waals surface area contributed by atoms with Gasteiger partial charge in [-0.25, -0.2) is 0 Å². The average Bonchev–Trinajstić information content (AvgIpc) is 2.65. The molecule has 2 aromatic rings. The monoisotopic (exact) mass is 365 g/mol. The van der Waals surface area contributed by atoms with E-state index in [1.54, 1.807) is 31.2 Å². The molecule has 0 aromatic heterocycles. The van der Waals surface area contributed by atoms with Crippen LogP contribution >= 0.6 is 0 Å². The van der Waals surface area contributed by atoms with E-state index in [2.05, 4.69) is 10.6 Å². The lowest BCUT2D eigenvalue weighted by Crippen LogP contribution is -3.14. The van der Waals surface area contributed by atoms with Crippen LogP contribution in [-0.4, -0.2) is 31.4 Å². The van der Waals surface area contributed by atoms with Gasteiger partial charge in [0.25, 0.3) is 11.8 Å². The van der Waals surface area contributed by atoms with Crippen LogP contribution in [-0.2, 0) is 9.59 Å². The maximum atomic E-state index is 12.4. The highest BCUT2D eigenvalue weighted by Crippen LogP contribution is 2.17. The fourth-order valence-electron chi connectivity index (χ4n) is 2.59. The zero-order valence-electron chi connectivity index (χ0n) is 16.1. The fourth-order valence-corrected chi connectivity index (χ4v) is 2.59. The van der Waals surface area contributed by atoms with Crippen molar-refractivity contribution in [3.05, 3.63) is 59.2 Å². The molecule has 3 N–H and O–H groups in total. The van der Waals surface area contributed by atoms with Gasteiger partial charge in [0, 0.05) is 11.4 Å². The molecule has 0 aliphatic heterocycles. The van der Waals surface area contributed by atoms with Crippen LogP contribution in [0.2, 0.25) is 0 Å². The Hall–Kier alpha value is -3.17. The van der Waals surface area contributed by atoms with Crippen molar-refractivity contribution in [1.29, 1.82) is 5.26 Å². The number of carbonyl (C=O) groups is 2. The molecule has 6 nitrogen and oxygen atoms in total. The van der Waals surface area contributed by atoms with Gasteiger partial charge in [-0.3, -0.25) is 9.59 Å². The van der Waals surface area contributed by atoms with Gasteiger partial charge in [-0.15, -0.1) is 0 Å². The van der Waals surface area contributed by atoms with Gasteiger partial charge in [-0.1, -0.05) is 12.1 Å². The first-order valence-electron chi connectivity index (χ1n) is 8.81. The minimum atomic E-state index is -0.412. The number of carbonyl (C=O) groups excluding carboxylic acids is 2. The topological polar surface area (TPSA) is 86.4 Å².